The summed E-state index contributed by atoms with van der Waals surface area (Å²) in [5, 5.41) is 33.3. The van der Waals surface area contributed by atoms with Crippen LogP contribution in [-0.2, 0) is 5.60 Å². The van der Waals surface area contributed by atoms with Gasteiger partial charge in [0.25, 0.3) is 0 Å². The van der Waals surface area contributed by atoms with E-state index in [1.165, 1.54) is 25.1 Å². The molecule has 0 bridgehead atoms. The number of benzene rings is 3. The summed E-state index contributed by atoms with van der Waals surface area (Å²) in [6, 6.07) is 13.9. The second-order valence-corrected chi connectivity index (χ2v) is 12.1. The van der Waals surface area contributed by atoms with Crippen LogP contribution in [0.25, 0.3) is 11.1 Å². The highest BCUT2D eigenvalue weighted by molar-refractivity contribution is 6.34. The Kier molecular flexibility index (Phi) is 6.98. The molecule has 3 aromatic carbocycles. The van der Waals surface area contributed by atoms with Crippen LogP contribution in [0, 0.1) is 23.0 Å². The quantitative estimate of drug-likeness (QED) is 0.320. The van der Waals surface area contributed by atoms with Crippen molar-refractivity contribution in [2.45, 2.75) is 68.8 Å². The minimum Gasteiger partial charge on any atom is -0.488 e. The van der Waals surface area contributed by atoms with Crippen LogP contribution in [0.15, 0.2) is 42.5 Å². The van der Waals surface area contributed by atoms with Crippen molar-refractivity contribution < 1.29 is 28.5 Å². The van der Waals surface area contributed by atoms with Crippen LogP contribution in [0.5, 0.6) is 11.5 Å². The fourth-order valence-corrected chi connectivity index (χ4v) is 6.83. The summed E-state index contributed by atoms with van der Waals surface area (Å²) in [6.07, 6.45) is 2.15. The summed E-state index contributed by atoms with van der Waals surface area (Å²) >= 11 is 6.60. The van der Waals surface area contributed by atoms with Crippen molar-refractivity contribution in [3.63, 3.8) is 0 Å². The minimum absolute atomic E-state index is 0.0286. The molecule has 3 N–H and O–H groups in total. The molecule has 214 valence electrons. The van der Waals surface area contributed by atoms with Crippen LogP contribution in [0.4, 0.5) is 8.78 Å². The number of fused-ring (bicyclic) bond motifs is 6. The van der Waals surface area contributed by atoms with Crippen molar-refractivity contribution in [2.75, 3.05) is 13.2 Å². The van der Waals surface area contributed by atoms with Crippen molar-refractivity contribution in [1.29, 1.82) is 5.26 Å². The van der Waals surface area contributed by atoms with E-state index in [1.807, 2.05) is 37.3 Å². The fraction of sp³-hybridized carbons (Fsp3) is 0.406. The molecule has 41 heavy (non-hydrogen) atoms. The number of nitrogens with zero attached hydrogens (tertiary/aromatic N) is 1. The van der Waals surface area contributed by atoms with Gasteiger partial charge in [0, 0.05) is 40.9 Å². The molecule has 0 spiro atoms. The van der Waals surface area contributed by atoms with E-state index >= 15 is 8.78 Å². The lowest BCUT2D eigenvalue weighted by atomic mass is 9.61. The zero-order valence-corrected chi connectivity index (χ0v) is 23.6. The molecule has 1 aliphatic heterocycles. The first-order valence-electron chi connectivity index (χ1n) is 13.9. The summed E-state index contributed by atoms with van der Waals surface area (Å²) in [6.45, 7) is 3.62. The number of hydrogen-bond acceptors (Lipinski definition) is 6. The third kappa shape index (κ3) is 4.56. The molecule has 0 aromatic heterocycles. The Labute approximate surface area is 242 Å². The van der Waals surface area contributed by atoms with Gasteiger partial charge in [-0.1, -0.05) is 35.9 Å². The maximum atomic E-state index is 16.1. The number of aliphatic hydroxyl groups excluding tert-OH is 1. The molecule has 6 rings (SSSR count). The van der Waals surface area contributed by atoms with Crippen molar-refractivity contribution in [3.05, 3.63) is 81.4 Å². The van der Waals surface area contributed by atoms with Gasteiger partial charge >= 0.3 is 0 Å². The van der Waals surface area contributed by atoms with E-state index < -0.39 is 34.9 Å². The van der Waals surface area contributed by atoms with Gasteiger partial charge < -0.3 is 25.0 Å². The highest BCUT2D eigenvalue weighted by atomic mass is 35.5. The summed E-state index contributed by atoms with van der Waals surface area (Å²) in [4.78, 5) is 0. The Balaban J connectivity index is 1.46. The predicted molar refractivity (Wildman–Crippen MR) is 150 cm³/mol. The van der Waals surface area contributed by atoms with Gasteiger partial charge in [-0.05, 0) is 57.2 Å². The maximum absolute atomic E-state index is 16.1. The first-order valence-corrected chi connectivity index (χ1v) is 14.2. The van der Waals surface area contributed by atoms with Crippen LogP contribution < -0.4 is 14.8 Å². The van der Waals surface area contributed by atoms with E-state index in [-0.39, 0.29) is 45.9 Å². The molecule has 0 saturated heterocycles. The van der Waals surface area contributed by atoms with Gasteiger partial charge in [0.1, 0.15) is 18.2 Å². The molecule has 1 fully saturated rings. The molecule has 1 saturated carbocycles. The van der Waals surface area contributed by atoms with Gasteiger partial charge in [0.2, 0.25) is 0 Å². The summed E-state index contributed by atoms with van der Waals surface area (Å²) in [5.74, 6) is -1.98. The molecule has 3 aliphatic rings. The van der Waals surface area contributed by atoms with Gasteiger partial charge in [-0.2, -0.15) is 5.26 Å². The van der Waals surface area contributed by atoms with Gasteiger partial charge in [0.05, 0.1) is 34.3 Å². The molecule has 0 amide bonds. The van der Waals surface area contributed by atoms with Crippen molar-refractivity contribution >= 4 is 11.6 Å². The third-order valence-electron chi connectivity index (χ3n) is 8.67. The lowest BCUT2D eigenvalue weighted by molar-refractivity contribution is 0.00653. The molecule has 0 radical (unpaired) electrons. The molecule has 3 atom stereocenters. The molecule has 1 heterocycles. The van der Waals surface area contributed by atoms with Crippen molar-refractivity contribution in [3.8, 4) is 28.7 Å². The first-order chi connectivity index (χ1) is 19.6. The lowest BCUT2D eigenvalue weighted by Crippen LogP contribution is -2.54. The largest absolute Gasteiger partial charge is 0.488 e. The van der Waals surface area contributed by atoms with E-state index in [1.54, 1.807) is 0 Å². The zero-order valence-electron chi connectivity index (χ0n) is 22.8. The molecule has 2 aliphatic carbocycles. The van der Waals surface area contributed by atoms with E-state index in [0.717, 1.165) is 24.0 Å². The van der Waals surface area contributed by atoms with Gasteiger partial charge in [-0.25, -0.2) is 8.78 Å². The zero-order chi connectivity index (χ0) is 29.1. The second kappa shape index (κ2) is 10.2. The number of nitrogens with one attached hydrogen (secondary N) is 1. The fourth-order valence-electron chi connectivity index (χ4n) is 6.58. The summed E-state index contributed by atoms with van der Waals surface area (Å²) in [7, 11) is 0. The van der Waals surface area contributed by atoms with Gasteiger partial charge in [-0.3, -0.25) is 0 Å². The van der Waals surface area contributed by atoms with Crippen LogP contribution in [0.1, 0.15) is 67.7 Å². The van der Waals surface area contributed by atoms with Crippen LogP contribution in [0.3, 0.4) is 0 Å². The number of aliphatic hydroxyl groups is 2. The van der Waals surface area contributed by atoms with E-state index in [4.69, 9.17) is 21.1 Å². The lowest BCUT2D eigenvalue weighted by Gasteiger charge is -2.47. The molecule has 3 aromatic rings. The van der Waals surface area contributed by atoms with E-state index in [9.17, 15) is 15.5 Å². The highest BCUT2D eigenvalue weighted by Crippen LogP contribution is 2.65. The molecular weight excluding hydrogens is 550 g/mol. The Morgan fingerprint density at radius 1 is 1.20 bits per heavy atom. The molecule has 0 unspecified atom stereocenters. The maximum Gasteiger partial charge on any atom is 0.174 e. The van der Waals surface area contributed by atoms with Gasteiger partial charge in [0.15, 0.2) is 17.2 Å². The van der Waals surface area contributed by atoms with Crippen molar-refractivity contribution in [2.24, 2.45) is 0 Å². The smallest absolute Gasteiger partial charge is 0.174 e. The normalized spacial score (nSPS) is 26.6. The Bertz CT molecular complexity index is 1560. The second-order valence-electron chi connectivity index (χ2n) is 11.7. The standard InChI is InChI=1S/C32H31ClF2N2O4/c1-17(38)15-40-23-8-7-18(14-36)25(30(23)35)27-26-24(13-22(34)29(27)33)41-32(21-6-4-3-5-20(21)28(26)32)16-37-19-9-11-31(2,39)12-10-19/h3-8,13,17,19,28,37-39H,9-12,15-16H2,1-2H3/t17-,19?,28-,31?,32+/m0/s1. The average molecular weight is 581 g/mol. The minimum atomic E-state index is -0.880. The monoisotopic (exact) mass is 580 g/mol. The van der Waals surface area contributed by atoms with Crippen molar-refractivity contribution in [1.82, 2.24) is 5.32 Å². The van der Waals surface area contributed by atoms with Crippen LogP contribution in [-0.4, -0.2) is 41.1 Å². The van der Waals surface area contributed by atoms with E-state index in [2.05, 4.69) is 5.32 Å². The summed E-state index contributed by atoms with van der Waals surface area (Å²) in [5.41, 5.74) is 0.759. The number of halogens is 3. The first kappa shape index (κ1) is 27.9. The van der Waals surface area contributed by atoms with Crippen LogP contribution >= 0.6 is 11.6 Å². The van der Waals surface area contributed by atoms with Crippen LogP contribution in [0.2, 0.25) is 5.02 Å². The third-order valence-corrected chi connectivity index (χ3v) is 9.04. The topological polar surface area (TPSA) is 94.7 Å². The Hall–Kier alpha value is -3.22. The number of hydrogen-bond donors (Lipinski definition) is 3. The Morgan fingerprint density at radius 2 is 1.93 bits per heavy atom. The molecular formula is C32H31ClF2N2O4. The Morgan fingerprint density at radius 3 is 2.63 bits per heavy atom. The average Bonchev–Trinajstić information content (AvgIpc) is 3.21. The number of ether oxygens (including phenoxy) is 2. The number of rotatable bonds is 7. The SMILES string of the molecule is C[C@H](O)COc1ccc(C#N)c(-c2c(Cl)c(F)cc3c2[C@@H]2c4ccccc4[C@@]2(CNC2CCC(C)(O)CC2)O3)c1F. The summed E-state index contributed by atoms with van der Waals surface area (Å²) < 4.78 is 43.6. The molecule has 6 nitrogen and oxygen atoms in total. The van der Waals surface area contributed by atoms with Gasteiger partial charge in [-0.15, -0.1) is 0 Å². The number of nitriles is 1. The van der Waals surface area contributed by atoms with E-state index in [0.29, 0.717) is 24.9 Å². The highest BCUT2D eigenvalue weighted by Gasteiger charge is 2.60. The predicted octanol–water partition coefficient (Wildman–Crippen LogP) is 5.93. The molecule has 9 heteroatoms.